The first kappa shape index (κ1) is 16.5. The van der Waals surface area contributed by atoms with Crippen LogP contribution in [0.15, 0.2) is 35.2 Å². The topological polar surface area (TPSA) is 59.7 Å². The van der Waals surface area contributed by atoms with Crippen LogP contribution < -0.4 is 4.74 Å². The van der Waals surface area contributed by atoms with Crippen molar-refractivity contribution in [1.29, 1.82) is 0 Å². The van der Waals surface area contributed by atoms with Gasteiger partial charge in [0, 0.05) is 27.5 Å². The van der Waals surface area contributed by atoms with E-state index in [2.05, 4.69) is 30.7 Å². The van der Waals surface area contributed by atoms with Gasteiger partial charge in [-0.25, -0.2) is 14.8 Å². The average molecular weight is 443 g/mol. The van der Waals surface area contributed by atoms with E-state index in [1.54, 1.807) is 18.2 Å². The molecule has 1 fully saturated rings. The summed E-state index contributed by atoms with van der Waals surface area (Å²) in [4.78, 5) is 25.8. The van der Waals surface area contributed by atoms with E-state index < -0.39 is 29.3 Å². The van der Waals surface area contributed by atoms with Crippen LogP contribution in [0.2, 0.25) is 0 Å². The van der Waals surface area contributed by atoms with Crippen LogP contribution >= 0.6 is 15.9 Å². The predicted molar refractivity (Wildman–Crippen MR) is 108 cm³/mol. The number of halogens is 1. The van der Waals surface area contributed by atoms with Crippen LogP contribution in [0, 0.1) is 17.4 Å². The molecule has 0 spiro atoms. The average Bonchev–Trinajstić information content (AvgIpc) is 2.87. The monoisotopic (exact) mass is 442 g/mol. The van der Waals surface area contributed by atoms with Crippen LogP contribution in [0.3, 0.4) is 0 Å². The van der Waals surface area contributed by atoms with E-state index in [1.165, 1.54) is 17.4 Å². The van der Waals surface area contributed by atoms with Crippen LogP contribution in [0.5, 0.6) is 5.75 Å². The summed E-state index contributed by atoms with van der Waals surface area (Å²) in [6.45, 7) is 13.1. The first-order valence-electron chi connectivity index (χ1n) is 9.92. The van der Waals surface area contributed by atoms with Gasteiger partial charge >= 0.3 is 0 Å². The van der Waals surface area contributed by atoms with Gasteiger partial charge in [-0.3, -0.25) is 4.79 Å². The SMILES string of the molecule is [2H]C1([2H])c2ncncc2C(=O)N1C1C(C)(C)C(Oc2ccc([N+]#[C-])c(Br)c2)C1(C)C. The number of hydrogen-bond donors (Lipinski definition) is 0. The van der Waals surface area contributed by atoms with Gasteiger partial charge in [0.1, 0.15) is 18.2 Å². The lowest BCUT2D eigenvalue weighted by atomic mass is 9.49. The Hall–Kier alpha value is -2.46. The highest BCUT2D eigenvalue weighted by Crippen LogP contribution is 2.59. The third-order valence-corrected chi connectivity index (χ3v) is 6.34. The summed E-state index contributed by atoms with van der Waals surface area (Å²) < 4.78 is 24.3. The minimum absolute atomic E-state index is 0.108. The number of nitrogens with zero attached hydrogens (tertiary/aromatic N) is 4. The van der Waals surface area contributed by atoms with Crippen molar-refractivity contribution < 1.29 is 12.3 Å². The molecular weight excluding hydrogens is 420 g/mol. The van der Waals surface area contributed by atoms with Crippen molar-refractivity contribution in [3.63, 3.8) is 0 Å². The van der Waals surface area contributed by atoms with Gasteiger partial charge in [-0.1, -0.05) is 49.7 Å². The van der Waals surface area contributed by atoms with Gasteiger partial charge in [-0.15, -0.1) is 0 Å². The summed E-state index contributed by atoms with van der Waals surface area (Å²) in [7, 11) is 0. The van der Waals surface area contributed by atoms with Gasteiger partial charge in [0.25, 0.3) is 5.91 Å². The van der Waals surface area contributed by atoms with Crippen molar-refractivity contribution in [2.75, 3.05) is 0 Å². The lowest BCUT2D eigenvalue weighted by Crippen LogP contribution is -2.74. The fourth-order valence-electron chi connectivity index (χ4n) is 4.92. The van der Waals surface area contributed by atoms with Crippen LogP contribution in [0.1, 0.15) is 46.5 Å². The van der Waals surface area contributed by atoms with Crippen molar-refractivity contribution in [2.45, 2.75) is 46.3 Å². The molecule has 7 heteroatoms. The molecule has 2 heterocycles. The molecule has 0 atom stereocenters. The number of carbonyl (C=O) groups excluding carboxylic acids is 1. The summed E-state index contributed by atoms with van der Waals surface area (Å²) in [5, 5.41) is 0. The largest absolute Gasteiger partial charge is 0.489 e. The van der Waals surface area contributed by atoms with Crippen LogP contribution in [0.25, 0.3) is 4.85 Å². The molecule has 0 saturated heterocycles. The summed E-state index contributed by atoms with van der Waals surface area (Å²) in [6, 6.07) is 4.79. The summed E-state index contributed by atoms with van der Waals surface area (Å²) in [5.41, 5.74) is -0.254. The molecule has 0 bridgehead atoms. The molecule has 2 aliphatic rings. The number of ether oxygens (including phenoxy) is 1. The highest BCUT2D eigenvalue weighted by atomic mass is 79.9. The second kappa shape index (κ2) is 6.28. The molecule has 1 saturated carbocycles. The van der Waals surface area contributed by atoms with E-state index in [0.717, 1.165) is 0 Å². The molecule has 1 aromatic heterocycles. The third-order valence-electron chi connectivity index (χ3n) is 5.70. The fourth-order valence-corrected chi connectivity index (χ4v) is 5.36. The van der Waals surface area contributed by atoms with Gasteiger partial charge in [0.15, 0.2) is 0 Å². The van der Waals surface area contributed by atoms with Gasteiger partial charge in [-0.2, -0.15) is 0 Å². The molecule has 6 nitrogen and oxygen atoms in total. The van der Waals surface area contributed by atoms with Gasteiger partial charge in [0.05, 0.1) is 27.1 Å². The molecule has 28 heavy (non-hydrogen) atoms. The zero-order valence-electron chi connectivity index (χ0n) is 18.0. The van der Waals surface area contributed by atoms with Crippen molar-refractivity contribution in [3.8, 4) is 5.75 Å². The molecule has 0 radical (unpaired) electrons. The number of hydrogen-bond acceptors (Lipinski definition) is 4. The summed E-state index contributed by atoms with van der Waals surface area (Å²) >= 11 is 3.39. The first-order chi connectivity index (χ1) is 13.9. The highest BCUT2D eigenvalue weighted by molar-refractivity contribution is 9.10. The Labute approximate surface area is 175 Å². The molecule has 1 amide bonds. The maximum atomic E-state index is 13.1. The Bertz CT molecular complexity index is 1080. The third kappa shape index (κ3) is 2.62. The molecule has 1 aliphatic heterocycles. The molecular formula is C21H21BrN4O2. The van der Waals surface area contributed by atoms with Crippen molar-refractivity contribution in [2.24, 2.45) is 10.8 Å². The minimum Gasteiger partial charge on any atom is -0.489 e. The zero-order chi connectivity index (χ0) is 22.1. The van der Waals surface area contributed by atoms with E-state index in [0.29, 0.717) is 15.9 Å². The minimum atomic E-state index is -2.03. The Morgan fingerprint density at radius 1 is 1.36 bits per heavy atom. The van der Waals surface area contributed by atoms with Crippen molar-refractivity contribution >= 4 is 27.5 Å². The zero-order valence-corrected chi connectivity index (χ0v) is 17.6. The molecule has 1 aromatic carbocycles. The van der Waals surface area contributed by atoms with E-state index in [1.807, 2.05) is 27.7 Å². The second-order valence-electron chi connectivity index (χ2n) is 8.34. The van der Waals surface area contributed by atoms with Crippen molar-refractivity contribution in [3.05, 3.63) is 57.9 Å². The predicted octanol–water partition coefficient (Wildman–Crippen LogP) is 4.63. The Morgan fingerprint density at radius 3 is 2.68 bits per heavy atom. The summed E-state index contributed by atoms with van der Waals surface area (Å²) in [6.07, 6.45) is 2.37. The number of aromatic nitrogens is 2. The smallest absolute Gasteiger partial charge is 0.257 e. The first-order valence-corrected chi connectivity index (χ1v) is 9.71. The fraction of sp³-hybridized carbons (Fsp3) is 0.429. The number of rotatable bonds is 3. The number of fused-ring (bicyclic) bond motifs is 1. The Morgan fingerprint density at radius 2 is 2.07 bits per heavy atom. The van der Waals surface area contributed by atoms with E-state index in [4.69, 9.17) is 14.1 Å². The summed E-state index contributed by atoms with van der Waals surface area (Å²) in [5.74, 6) is 0.216. The molecule has 1 aliphatic carbocycles. The maximum Gasteiger partial charge on any atom is 0.257 e. The van der Waals surface area contributed by atoms with Gasteiger partial charge in [-0.05, 0) is 12.1 Å². The van der Waals surface area contributed by atoms with E-state index >= 15 is 0 Å². The standard InChI is InChI=1S/C21H21BrN4O2/c1-20(2)18(26-10-16-13(17(26)27)9-24-11-25-16)21(3,4)19(20)28-12-6-7-15(23-5)14(22)8-12/h6-9,11,18-19H,10H2,1-4H3/i10D2. The van der Waals surface area contributed by atoms with Gasteiger partial charge < -0.3 is 9.64 Å². The molecule has 4 rings (SSSR count). The van der Waals surface area contributed by atoms with Crippen LogP contribution in [-0.4, -0.2) is 32.9 Å². The van der Waals surface area contributed by atoms with Gasteiger partial charge in [0.2, 0.25) is 5.69 Å². The van der Waals surface area contributed by atoms with Crippen molar-refractivity contribution in [1.82, 2.24) is 14.9 Å². The molecule has 0 N–H and O–H groups in total. The normalized spacial score (nSPS) is 27.1. The Balaban J connectivity index is 1.67. The number of amides is 1. The van der Waals surface area contributed by atoms with E-state index in [9.17, 15) is 4.79 Å². The maximum absolute atomic E-state index is 13.1. The lowest BCUT2D eigenvalue weighted by Gasteiger charge is -2.65. The second-order valence-corrected chi connectivity index (χ2v) is 9.19. The Kier molecular flexibility index (Phi) is 3.70. The molecule has 2 aromatic rings. The van der Waals surface area contributed by atoms with E-state index in [-0.39, 0.29) is 17.4 Å². The number of benzene rings is 1. The molecule has 144 valence electrons. The lowest BCUT2D eigenvalue weighted by molar-refractivity contribution is -0.199. The highest BCUT2D eigenvalue weighted by Gasteiger charge is 2.67. The molecule has 0 unspecified atom stereocenters. The van der Waals surface area contributed by atoms with Crippen LogP contribution in [-0.2, 0) is 6.50 Å². The quantitative estimate of drug-likeness (QED) is 0.650. The van der Waals surface area contributed by atoms with Crippen LogP contribution in [0.4, 0.5) is 5.69 Å². The number of carbonyl (C=O) groups is 1.